The second kappa shape index (κ2) is 6.00. The monoisotopic (exact) mass is 299 g/mol. The van der Waals surface area contributed by atoms with E-state index in [-0.39, 0.29) is 18.6 Å². The Kier molecular flexibility index (Phi) is 3.91. The number of hydrogen-bond acceptors (Lipinski definition) is 4. The third-order valence-corrected chi connectivity index (χ3v) is 4.13. The number of rotatable bonds is 2. The number of para-hydroxylation sites is 1. The molecule has 2 N–H and O–H groups in total. The van der Waals surface area contributed by atoms with E-state index in [1.54, 1.807) is 12.1 Å². The largest absolute Gasteiger partial charge is 0.491 e. The summed E-state index contributed by atoms with van der Waals surface area (Å²) in [4.78, 5) is 13.6. The van der Waals surface area contributed by atoms with E-state index in [1.807, 2.05) is 24.3 Å². The van der Waals surface area contributed by atoms with Gasteiger partial charge in [-0.3, -0.25) is 4.79 Å². The van der Waals surface area contributed by atoms with Gasteiger partial charge >= 0.3 is 0 Å². The van der Waals surface area contributed by atoms with Crippen LogP contribution in [0.3, 0.4) is 0 Å². The van der Waals surface area contributed by atoms with Gasteiger partial charge in [-0.05, 0) is 18.2 Å². The van der Waals surface area contributed by atoms with E-state index in [4.69, 9.17) is 9.84 Å². The third kappa shape index (κ3) is 2.92. The zero-order valence-electron chi connectivity index (χ0n) is 11.1. The van der Waals surface area contributed by atoms with Crippen LogP contribution in [0.15, 0.2) is 36.4 Å². The Morgan fingerprint density at radius 2 is 2.24 bits per heavy atom. The number of thiophene rings is 1. The smallest absolute Gasteiger partial charge is 0.261 e. The number of amides is 1. The molecule has 0 saturated heterocycles. The lowest BCUT2D eigenvalue weighted by atomic mass is 10.1. The quantitative estimate of drug-likeness (QED) is 0.833. The molecule has 2 heterocycles. The highest BCUT2D eigenvalue weighted by molar-refractivity contribution is 7.14. The van der Waals surface area contributed by atoms with Gasteiger partial charge in [0.15, 0.2) is 0 Å². The lowest BCUT2D eigenvalue weighted by Crippen LogP contribution is -2.28. The van der Waals surface area contributed by atoms with Gasteiger partial charge in [0.05, 0.1) is 15.8 Å². The summed E-state index contributed by atoms with van der Waals surface area (Å²) in [5, 5.41) is 11.6. The van der Waals surface area contributed by atoms with Crippen LogP contribution >= 0.6 is 11.3 Å². The molecule has 0 saturated carbocycles. The van der Waals surface area contributed by atoms with Gasteiger partial charge in [-0.1, -0.05) is 30.0 Å². The van der Waals surface area contributed by atoms with Crippen LogP contribution in [0.1, 0.15) is 26.2 Å². The Morgan fingerprint density at radius 1 is 1.38 bits per heavy atom. The van der Waals surface area contributed by atoms with E-state index in [2.05, 4.69) is 17.2 Å². The highest BCUT2D eigenvalue weighted by atomic mass is 32.1. The normalized spacial score (nSPS) is 15.6. The van der Waals surface area contributed by atoms with E-state index >= 15 is 0 Å². The number of carbonyl (C=O) groups excluding carboxylic acids is 1. The van der Waals surface area contributed by atoms with Crippen LogP contribution in [0.4, 0.5) is 0 Å². The minimum absolute atomic E-state index is 0.122. The number of aliphatic hydroxyl groups excluding tert-OH is 1. The molecule has 2 aromatic rings. The van der Waals surface area contributed by atoms with Gasteiger partial charge in [-0.15, -0.1) is 11.3 Å². The van der Waals surface area contributed by atoms with Crippen molar-refractivity contribution in [2.45, 2.75) is 6.04 Å². The van der Waals surface area contributed by atoms with Crippen molar-refractivity contribution in [1.82, 2.24) is 5.32 Å². The summed E-state index contributed by atoms with van der Waals surface area (Å²) >= 11 is 1.31. The Balaban J connectivity index is 1.71. The minimum Gasteiger partial charge on any atom is -0.491 e. The van der Waals surface area contributed by atoms with Crippen molar-refractivity contribution in [3.05, 3.63) is 51.7 Å². The summed E-state index contributed by atoms with van der Waals surface area (Å²) in [5.74, 6) is 6.05. The SMILES string of the molecule is O=C(NC1COc2ccccc21)c1ccc(C#CCO)s1. The van der Waals surface area contributed by atoms with E-state index in [0.29, 0.717) is 11.5 Å². The number of hydrogen-bond donors (Lipinski definition) is 2. The van der Waals surface area contributed by atoms with Gasteiger partial charge in [0.1, 0.15) is 19.0 Å². The van der Waals surface area contributed by atoms with E-state index in [0.717, 1.165) is 16.2 Å². The standard InChI is InChI=1S/C16H13NO3S/c18-9-3-4-11-7-8-15(21-11)16(19)17-13-10-20-14-6-2-1-5-12(13)14/h1-2,5-8,13,18H,9-10H2,(H,17,19). The molecule has 0 radical (unpaired) electrons. The van der Waals surface area contributed by atoms with Gasteiger partial charge in [0, 0.05) is 5.56 Å². The molecule has 0 spiro atoms. The maximum Gasteiger partial charge on any atom is 0.261 e. The average Bonchev–Trinajstić information content (AvgIpc) is 3.13. The van der Waals surface area contributed by atoms with E-state index < -0.39 is 0 Å². The van der Waals surface area contributed by atoms with E-state index in [1.165, 1.54) is 11.3 Å². The molecule has 1 atom stereocenters. The van der Waals surface area contributed by atoms with Crippen LogP contribution in [0.5, 0.6) is 5.75 Å². The van der Waals surface area contributed by atoms with Crippen molar-refractivity contribution in [1.29, 1.82) is 0 Å². The van der Waals surface area contributed by atoms with Crippen LogP contribution in [0.2, 0.25) is 0 Å². The highest BCUT2D eigenvalue weighted by Gasteiger charge is 2.25. The molecule has 0 aliphatic carbocycles. The number of nitrogens with one attached hydrogen (secondary N) is 1. The fraction of sp³-hybridized carbons (Fsp3) is 0.188. The first kappa shape index (κ1) is 13.7. The first-order valence-corrected chi connectivity index (χ1v) is 7.32. The van der Waals surface area contributed by atoms with Crippen molar-refractivity contribution < 1.29 is 14.6 Å². The number of ether oxygens (including phenoxy) is 1. The van der Waals surface area contributed by atoms with Gasteiger partial charge < -0.3 is 15.2 Å². The van der Waals surface area contributed by atoms with Crippen molar-refractivity contribution in [2.24, 2.45) is 0 Å². The summed E-state index contributed by atoms with van der Waals surface area (Å²) < 4.78 is 5.54. The third-order valence-electron chi connectivity index (χ3n) is 3.13. The molecular formula is C16H13NO3S. The Morgan fingerprint density at radius 3 is 3.10 bits per heavy atom. The first-order valence-electron chi connectivity index (χ1n) is 6.50. The predicted octanol–water partition coefficient (Wildman–Crippen LogP) is 1.96. The van der Waals surface area contributed by atoms with Crippen LogP contribution < -0.4 is 10.1 Å². The molecule has 106 valence electrons. The number of aliphatic hydroxyl groups is 1. The van der Waals surface area contributed by atoms with Gasteiger partial charge in [0.25, 0.3) is 5.91 Å². The molecule has 1 aromatic carbocycles. The molecule has 4 nitrogen and oxygen atoms in total. The molecule has 3 rings (SSSR count). The number of benzene rings is 1. The van der Waals surface area contributed by atoms with Crippen LogP contribution in [0, 0.1) is 11.8 Å². The Hall–Kier alpha value is -2.29. The van der Waals surface area contributed by atoms with Crippen LogP contribution in [-0.2, 0) is 0 Å². The second-order valence-electron chi connectivity index (χ2n) is 4.50. The van der Waals surface area contributed by atoms with Gasteiger partial charge in [0.2, 0.25) is 0 Å². The maximum absolute atomic E-state index is 12.2. The molecule has 0 bridgehead atoms. The van der Waals surface area contributed by atoms with Crippen molar-refractivity contribution in [2.75, 3.05) is 13.2 Å². The molecule has 1 aromatic heterocycles. The molecule has 0 fully saturated rings. The first-order chi connectivity index (χ1) is 10.3. The van der Waals surface area contributed by atoms with Gasteiger partial charge in [-0.25, -0.2) is 0 Å². The zero-order valence-corrected chi connectivity index (χ0v) is 11.9. The van der Waals surface area contributed by atoms with Gasteiger partial charge in [-0.2, -0.15) is 0 Å². The highest BCUT2D eigenvalue weighted by Crippen LogP contribution is 2.32. The van der Waals surface area contributed by atoms with Crippen molar-refractivity contribution >= 4 is 17.2 Å². The van der Waals surface area contributed by atoms with E-state index in [9.17, 15) is 4.79 Å². The summed E-state index contributed by atoms with van der Waals surface area (Å²) in [6.45, 7) is 0.267. The maximum atomic E-state index is 12.2. The number of fused-ring (bicyclic) bond motifs is 1. The summed E-state index contributed by atoms with van der Waals surface area (Å²) in [7, 11) is 0. The number of carbonyl (C=O) groups is 1. The molecule has 21 heavy (non-hydrogen) atoms. The molecule has 1 amide bonds. The lowest BCUT2D eigenvalue weighted by molar-refractivity contribution is 0.0934. The molecular weight excluding hydrogens is 286 g/mol. The predicted molar refractivity (Wildman–Crippen MR) is 80.4 cm³/mol. The molecule has 1 aliphatic heterocycles. The summed E-state index contributed by atoms with van der Waals surface area (Å²) in [6.07, 6.45) is 0. The average molecular weight is 299 g/mol. The van der Waals surface area contributed by atoms with Crippen molar-refractivity contribution in [3.8, 4) is 17.6 Å². The Bertz CT molecular complexity index is 726. The minimum atomic E-state index is -0.185. The topological polar surface area (TPSA) is 58.6 Å². The van der Waals surface area contributed by atoms with Crippen molar-refractivity contribution in [3.63, 3.8) is 0 Å². The Labute approximate surface area is 126 Å². The fourth-order valence-electron chi connectivity index (χ4n) is 2.17. The molecule has 1 aliphatic rings. The second-order valence-corrected chi connectivity index (χ2v) is 5.58. The fourth-order valence-corrected chi connectivity index (χ4v) is 2.95. The molecule has 1 unspecified atom stereocenters. The zero-order chi connectivity index (χ0) is 14.7. The van der Waals surface area contributed by atoms with Crippen LogP contribution in [-0.4, -0.2) is 24.2 Å². The summed E-state index contributed by atoms with van der Waals surface area (Å²) in [5.41, 5.74) is 1.00. The van der Waals surface area contributed by atoms with Crippen LogP contribution in [0.25, 0.3) is 0 Å². The lowest BCUT2D eigenvalue weighted by Gasteiger charge is -2.10. The molecule has 5 heteroatoms. The summed E-state index contributed by atoms with van der Waals surface area (Å²) in [6, 6.07) is 11.1.